The molecule has 0 heterocycles. The van der Waals surface area contributed by atoms with Crippen molar-refractivity contribution in [1.82, 2.24) is 0 Å². The smallest absolute Gasteiger partial charge is 0.307 e. The Bertz CT molecular complexity index is 613. The van der Waals surface area contributed by atoms with Crippen LogP contribution in [0.4, 0.5) is 5.69 Å². The molecule has 5 heteroatoms. The normalized spacial score (nSPS) is 29.6. The number of thioether (sulfide) groups is 1. The maximum Gasteiger partial charge on any atom is 0.307 e. The molecule has 1 amide bonds. The summed E-state index contributed by atoms with van der Waals surface area (Å²) in [5.74, 6) is -2.06. The van der Waals surface area contributed by atoms with Crippen LogP contribution < -0.4 is 5.32 Å². The van der Waals surface area contributed by atoms with E-state index in [4.69, 9.17) is 0 Å². The average molecular weight is 303 g/mol. The van der Waals surface area contributed by atoms with Crippen LogP contribution in [-0.4, -0.2) is 23.2 Å². The molecule has 4 atom stereocenters. The fourth-order valence-corrected chi connectivity index (χ4v) is 4.03. The first-order chi connectivity index (χ1) is 10.1. The SMILES string of the molecule is CSc1ccccc1NC(=O)[C@@H]1[C@@H](C(=O)O)[C@H]2C=C[C@@H]1C2. The van der Waals surface area contributed by atoms with Gasteiger partial charge in [-0.3, -0.25) is 9.59 Å². The Balaban J connectivity index is 1.82. The number of amides is 1. The molecular formula is C16H17NO3S. The van der Waals surface area contributed by atoms with E-state index in [9.17, 15) is 14.7 Å². The van der Waals surface area contributed by atoms with Gasteiger partial charge >= 0.3 is 5.97 Å². The van der Waals surface area contributed by atoms with Crippen molar-refractivity contribution in [3.05, 3.63) is 36.4 Å². The molecule has 4 nitrogen and oxygen atoms in total. The average Bonchev–Trinajstić information content (AvgIpc) is 3.08. The van der Waals surface area contributed by atoms with Gasteiger partial charge < -0.3 is 10.4 Å². The van der Waals surface area contributed by atoms with E-state index >= 15 is 0 Å². The zero-order valence-corrected chi connectivity index (χ0v) is 12.5. The van der Waals surface area contributed by atoms with Crippen LogP contribution in [0.1, 0.15) is 6.42 Å². The van der Waals surface area contributed by atoms with Crippen LogP contribution in [0.2, 0.25) is 0 Å². The number of hydrogen-bond acceptors (Lipinski definition) is 3. The monoisotopic (exact) mass is 303 g/mol. The predicted molar refractivity (Wildman–Crippen MR) is 82.2 cm³/mol. The van der Waals surface area contributed by atoms with Crippen LogP contribution in [0.5, 0.6) is 0 Å². The number of nitrogens with one attached hydrogen (secondary N) is 1. The Morgan fingerprint density at radius 3 is 2.52 bits per heavy atom. The lowest BCUT2D eigenvalue weighted by atomic mass is 9.82. The van der Waals surface area contributed by atoms with Gasteiger partial charge in [0.2, 0.25) is 5.91 Å². The molecule has 2 aliphatic carbocycles. The highest BCUT2D eigenvalue weighted by Gasteiger charge is 2.51. The fraction of sp³-hybridized carbons (Fsp3) is 0.375. The van der Waals surface area contributed by atoms with Gasteiger partial charge in [0, 0.05) is 4.90 Å². The summed E-state index contributed by atoms with van der Waals surface area (Å²) in [6.45, 7) is 0. The first-order valence-corrected chi connectivity index (χ1v) is 8.19. The Morgan fingerprint density at radius 1 is 1.19 bits per heavy atom. The van der Waals surface area contributed by atoms with Gasteiger partial charge in [0.05, 0.1) is 17.5 Å². The minimum absolute atomic E-state index is 0.000885. The summed E-state index contributed by atoms with van der Waals surface area (Å²) in [5, 5.41) is 12.3. The van der Waals surface area contributed by atoms with Gasteiger partial charge in [0.25, 0.3) is 0 Å². The van der Waals surface area contributed by atoms with Crippen LogP contribution in [0, 0.1) is 23.7 Å². The van der Waals surface area contributed by atoms with E-state index in [1.165, 1.54) is 0 Å². The van der Waals surface area contributed by atoms with Crippen molar-refractivity contribution >= 4 is 29.3 Å². The van der Waals surface area contributed by atoms with E-state index < -0.39 is 17.8 Å². The third-order valence-corrected chi connectivity index (χ3v) is 5.21. The number of carbonyl (C=O) groups is 2. The molecule has 0 unspecified atom stereocenters. The molecule has 0 spiro atoms. The van der Waals surface area contributed by atoms with Crippen LogP contribution >= 0.6 is 11.8 Å². The number of aliphatic carboxylic acids is 1. The van der Waals surface area contributed by atoms with Gasteiger partial charge in [-0.1, -0.05) is 24.3 Å². The summed E-state index contributed by atoms with van der Waals surface area (Å²) < 4.78 is 0. The lowest BCUT2D eigenvalue weighted by Crippen LogP contribution is -2.36. The molecule has 2 bridgehead atoms. The molecule has 0 aliphatic heterocycles. The predicted octanol–water partition coefficient (Wildman–Crippen LogP) is 2.87. The highest BCUT2D eigenvalue weighted by molar-refractivity contribution is 7.98. The Morgan fingerprint density at radius 2 is 1.86 bits per heavy atom. The molecule has 1 aromatic rings. The largest absolute Gasteiger partial charge is 0.481 e. The Kier molecular flexibility index (Phi) is 3.76. The summed E-state index contributed by atoms with van der Waals surface area (Å²) >= 11 is 1.56. The molecule has 1 fully saturated rings. The molecule has 3 rings (SSSR count). The second kappa shape index (κ2) is 5.56. The first kappa shape index (κ1) is 14.2. The van der Waals surface area contributed by atoms with Crippen molar-refractivity contribution in [1.29, 1.82) is 0 Å². The standard InChI is InChI=1S/C16H17NO3S/c1-21-12-5-3-2-4-11(12)17-15(18)13-9-6-7-10(8-9)14(13)16(19)20/h2-7,9-10,13-14H,8H2,1H3,(H,17,18)(H,19,20)/t9-,10+,13+,14+/m1/s1. The topological polar surface area (TPSA) is 66.4 Å². The summed E-state index contributed by atoms with van der Waals surface area (Å²) in [4.78, 5) is 25.0. The highest BCUT2D eigenvalue weighted by Crippen LogP contribution is 2.48. The maximum atomic E-state index is 12.6. The van der Waals surface area contributed by atoms with Crippen LogP contribution in [0.15, 0.2) is 41.3 Å². The zero-order chi connectivity index (χ0) is 15.0. The minimum Gasteiger partial charge on any atom is -0.481 e. The number of anilines is 1. The van der Waals surface area contributed by atoms with Gasteiger partial charge in [-0.2, -0.15) is 0 Å². The molecule has 110 valence electrons. The first-order valence-electron chi connectivity index (χ1n) is 6.97. The lowest BCUT2D eigenvalue weighted by Gasteiger charge is -2.24. The summed E-state index contributed by atoms with van der Waals surface area (Å²) in [7, 11) is 0. The number of carbonyl (C=O) groups excluding carboxylic acids is 1. The molecule has 0 aromatic heterocycles. The third-order valence-electron chi connectivity index (χ3n) is 4.41. The van der Waals surface area contributed by atoms with Gasteiger partial charge in [-0.25, -0.2) is 0 Å². The van der Waals surface area contributed by atoms with Crippen LogP contribution in [0.3, 0.4) is 0 Å². The Hall–Kier alpha value is -1.75. The number of carboxylic acids is 1. The number of carboxylic acid groups (broad SMARTS) is 1. The molecule has 1 saturated carbocycles. The minimum atomic E-state index is -0.870. The van der Waals surface area contributed by atoms with E-state index in [0.29, 0.717) is 0 Å². The van der Waals surface area contributed by atoms with Crippen LogP contribution in [0.25, 0.3) is 0 Å². The van der Waals surface area contributed by atoms with Crippen molar-refractivity contribution in [2.45, 2.75) is 11.3 Å². The number of fused-ring (bicyclic) bond motifs is 2. The van der Waals surface area contributed by atoms with Gasteiger partial charge in [0.1, 0.15) is 0 Å². The zero-order valence-electron chi connectivity index (χ0n) is 11.7. The molecule has 2 aliphatic rings. The van der Waals surface area contributed by atoms with E-state index in [1.807, 2.05) is 42.7 Å². The van der Waals surface area contributed by atoms with Gasteiger partial charge in [0.15, 0.2) is 0 Å². The van der Waals surface area contributed by atoms with Crippen molar-refractivity contribution in [3.63, 3.8) is 0 Å². The summed E-state index contributed by atoms with van der Waals surface area (Å²) in [5.41, 5.74) is 0.755. The molecule has 0 saturated heterocycles. The highest BCUT2D eigenvalue weighted by atomic mass is 32.2. The maximum absolute atomic E-state index is 12.6. The van der Waals surface area contributed by atoms with Crippen molar-refractivity contribution in [2.24, 2.45) is 23.7 Å². The third kappa shape index (κ3) is 2.46. The summed E-state index contributed by atoms with van der Waals surface area (Å²) in [6, 6.07) is 7.57. The van der Waals surface area contributed by atoms with E-state index in [1.54, 1.807) is 11.8 Å². The number of allylic oxidation sites excluding steroid dienone is 2. The number of benzene rings is 1. The van der Waals surface area contributed by atoms with E-state index in [-0.39, 0.29) is 17.7 Å². The quantitative estimate of drug-likeness (QED) is 0.663. The van der Waals surface area contributed by atoms with Crippen molar-refractivity contribution < 1.29 is 14.7 Å². The molecular weight excluding hydrogens is 286 g/mol. The van der Waals surface area contributed by atoms with E-state index in [0.717, 1.165) is 17.0 Å². The lowest BCUT2D eigenvalue weighted by molar-refractivity contribution is -0.146. The molecule has 0 radical (unpaired) electrons. The fourth-order valence-electron chi connectivity index (χ4n) is 3.48. The molecule has 2 N–H and O–H groups in total. The second-order valence-corrected chi connectivity index (χ2v) is 6.38. The second-order valence-electron chi connectivity index (χ2n) is 5.53. The number of hydrogen-bond donors (Lipinski definition) is 2. The molecule has 21 heavy (non-hydrogen) atoms. The molecule has 1 aromatic carbocycles. The van der Waals surface area contributed by atoms with E-state index in [2.05, 4.69) is 5.32 Å². The Labute approximate surface area is 127 Å². The van der Waals surface area contributed by atoms with Gasteiger partial charge in [-0.15, -0.1) is 11.8 Å². The summed E-state index contributed by atoms with van der Waals surface area (Å²) in [6.07, 6.45) is 6.67. The number of para-hydroxylation sites is 1. The van der Waals surface area contributed by atoms with Crippen molar-refractivity contribution in [3.8, 4) is 0 Å². The van der Waals surface area contributed by atoms with Crippen LogP contribution in [-0.2, 0) is 9.59 Å². The van der Waals surface area contributed by atoms with Gasteiger partial charge in [-0.05, 0) is 36.6 Å². The van der Waals surface area contributed by atoms with Crippen molar-refractivity contribution in [2.75, 3.05) is 11.6 Å². The number of rotatable bonds is 4.